The second-order valence-electron chi connectivity index (χ2n) is 7.42. The highest BCUT2D eigenvalue weighted by Gasteiger charge is 2.12. The predicted molar refractivity (Wildman–Crippen MR) is 123 cm³/mol. The second kappa shape index (κ2) is 8.76. The first-order valence-electron chi connectivity index (χ1n) is 9.82. The number of carbonyl (C=O) groups excluding carboxylic acids is 1. The summed E-state index contributed by atoms with van der Waals surface area (Å²) in [7, 11) is 0. The summed E-state index contributed by atoms with van der Waals surface area (Å²) in [6, 6.07) is 20.8. The maximum Gasteiger partial charge on any atom is 0.234 e. The van der Waals surface area contributed by atoms with Crippen LogP contribution in [-0.4, -0.2) is 16.2 Å². The number of anilines is 1. The normalized spacial score (nSPS) is 11.0. The van der Waals surface area contributed by atoms with Gasteiger partial charge in [0.15, 0.2) is 0 Å². The summed E-state index contributed by atoms with van der Waals surface area (Å²) < 4.78 is 15.4. The highest BCUT2D eigenvalue weighted by Crippen LogP contribution is 2.31. The number of hydrogen-bond acceptors (Lipinski definition) is 2. The smallest absolute Gasteiger partial charge is 0.234 e. The van der Waals surface area contributed by atoms with Crippen LogP contribution in [0.2, 0.25) is 0 Å². The van der Waals surface area contributed by atoms with E-state index in [0.717, 1.165) is 38.2 Å². The van der Waals surface area contributed by atoms with Gasteiger partial charge in [0.2, 0.25) is 5.91 Å². The molecule has 0 radical (unpaired) electrons. The van der Waals surface area contributed by atoms with Crippen LogP contribution < -0.4 is 5.32 Å². The zero-order valence-electron chi connectivity index (χ0n) is 17.0. The van der Waals surface area contributed by atoms with E-state index in [2.05, 4.69) is 28.2 Å². The Morgan fingerprint density at radius 1 is 1.03 bits per heavy atom. The highest BCUT2D eigenvalue weighted by molar-refractivity contribution is 8.00. The lowest BCUT2D eigenvalue weighted by Crippen LogP contribution is -2.14. The molecular weight excluding hydrogens is 395 g/mol. The molecule has 0 saturated heterocycles. The molecule has 0 saturated carbocycles. The molecule has 1 heterocycles. The zero-order valence-corrected chi connectivity index (χ0v) is 17.8. The fourth-order valence-corrected chi connectivity index (χ4v) is 4.33. The van der Waals surface area contributed by atoms with Gasteiger partial charge in [-0.2, -0.15) is 0 Å². The number of nitrogens with one attached hydrogen (secondary N) is 1. The van der Waals surface area contributed by atoms with E-state index in [-0.39, 0.29) is 11.7 Å². The van der Waals surface area contributed by atoms with E-state index in [4.69, 9.17) is 0 Å². The van der Waals surface area contributed by atoms with E-state index >= 15 is 0 Å². The third-order valence-corrected chi connectivity index (χ3v) is 6.09. The lowest BCUT2D eigenvalue weighted by molar-refractivity contribution is -0.113. The van der Waals surface area contributed by atoms with E-state index in [9.17, 15) is 9.18 Å². The first-order valence-corrected chi connectivity index (χ1v) is 10.8. The third-order valence-electron chi connectivity index (χ3n) is 5.04. The number of amides is 1. The van der Waals surface area contributed by atoms with Gasteiger partial charge in [-0.25, -0.2) is 4.39 Å². The Kier molecular flexibility index (Phi) is 5.91. The number of thioether (sulfide) groups is 1. The van der Waals surface area contributed by atoms with Gasteiger partial charge in [0.1, 0.15) is 5.82 Å². The monoisotopic (exact) mass is 418 g/mol. The third kappa shape index (κ3) is 4.57. The number of nitrogens with zero attached hydrogens (tertiary/aromatic N) is 1. The first kappa shape index (κ1) is 20.2. The second-order valence-corrected chi connectivity index (χ2v) is 8.44. The molecule has 5 heteroatoms. The lowest BCUT2D eigenvalue weighted by Gasteiger charge is -2.09. The highest BCUT2D eigenvalue weighted by atomic mass is 32.2. The molecule has 4 rings (SSSR count). The maximum absolute atomic E-state index is 13.2. The molecule has 30 heavy (non-hydrogen) atoms. The molecule has 0 bridgehead atoms. The number of benzene rings is 3. The van der Waals surface area contributed by atoms with Crippen molar-refractivity contribution in [1.82, 2.24) is 4.57 Å². The molecule has 152 valence electrons. The number of fused-ring (bicyclic) bond motifs is 1. The Morgan fingerprint density at radius 2 is 1.80 bits per heavy atom. The van der Waals surface area contributed by atoms with E-state index in [1.807, 2.05) is 44.2 Å². The SMILES string of the molecule is Cc1ccc(C)c(NC(=O)CSc2cn(Cc3ccc(F)cc3)c3ccccc23)c1. The van der Waals surface area contributed by atoms with Gasteiger partial charge in [-0.3, -0.25) is 4.79 Å². The van der Waals surface area contributed by atoms with Gasteiger partial charge in [0.05, 0.1) is 5.75 Å². The molecule has 1 amide bonds. The summed E-state index contributed by atoms with van der Waals surface area (Å²) in [6.07, 6.45) is 2.07. The van der Waals surface area contributed by atoms with Crippen molar-refractivity contribution in [3.05, 3.63) is 95.4 Å². The molecular formula is C25H23FN2OS. The van der Waals surface area contributed by atoms with Crippen molar-refractivity contribution in [2.24, 2.45) is 0 Å². The van der Waals surface area contributed by atoms with Crippen LogP contribution in [0.15, 0.2) is 77.8 Å². The van der Waals surface area contributed by atoms with Crippen LogP contribution in [0.3, 0.4) is 0 Å². The number of para-hydroxylation sites is 1. The van der Waals surface area contributed by atoms with Crippen LogP contribution in [0.25, 0.3) is 10.9 Å². The Balaban J connectivity index is 1.50. The van der Waals surface area contributed by atoms with Crippen LogP contribution in [0.5, 0.6) is 0 Å². The first-order chi connectivity index (χ1) is 14.5. The molecule has 0 fully saturated rings. The maximum atomic E-state index is 13.2. The molecule has 0 aliphatic heterocycles. The van der Waals surface area contributed by atoms with Crippen molar-refractivity contribution < 1.29 is 9.18 Å². The van der Waals surface area contributed by atoms with Gasteiger partial charge >= 0.3 is 0 Å². The van der Waals surface area contributed by atoms with Gasteiger partial charge in [-0.05, 0) is 54.8 Å². The van der Waals surface area contributed by atoms with Crippen molar-refractivity contribution in [3.63, 3.8) is 0 Å². The largest absolute Gasteiger partial charge is 0.342 e. The predicted octanol–water partition coefficient (Wildman–Crippen LogP) is 6.18. The van der Waals surface area contributed by atoms with Crippen LogP contribution in [0, 0.1) is 19.7 Å². The number of hydrogen-bond donors (Lipinski definition) is 1. The molecule has 0 aliphatic carbocycles. The van der Waals surface area contributed by atoms with Crippen molar-refractivity contribution in [3.8, 4) is 0 Å². The minimum Gasteiger partial charge on any atom is -0.342 e. The fourth-order valence-electron chi connectivity index (χ4n) is 3.45. The van der Waals surface area contributed by atoms with Gasteiger partial charge in [0.25, 0.3) is 0 Å². The van der Waals surface area contributed by atoms with Crippen LogP contribution >= 0.6 is 11.8 Å². The molecule has 3 aromatic carbocycles. The van der Waals surface area contributed by atoms with Crippen LogP contribution in [-0.2, 0) is 11.3 Å². The van der Waals surface area contributed by atoms with Gasteiger partial charge in [-0.1, -0.05) is 42.5 Å². The number of carbonyl (C=O) groups is 1. The summed E-state index contributed by atoms with van der Waals surface area (Å²) in [6.45, 7) is 4.65. The Hall–Kier alpha value is -3.05. The summed E-state index contributed by atoms with van der Waals surface area (Å²) in [5, 5.41) is 4.13. The van der Waals surface area contributed by atoms with E-state index < -0.39 is 0 Å². The minimum atomic E-state index is -0.234. The average molecular weight is 419 g/mol. The minimum absolute atomic E-state index is 0.0240. The molecule has 1 aromatic heterocycles. The molecule has 3 nitrogen and oxygen atoms in total. The molecule has 4 aromatic rings. The zero-order chi connectivity index (χ0) is 21.1. The lowest BCUT2D eigenvalue weighted by atomic mass is 10.1. The Labute approximate surface area is 179 Å². The van der Waals surface area contributed by atoms with Crippen molar-refractivity contribution >= 4 is 34.3 Å². The average Bonchev–Trinajstić information content (AvgIpc) is 3.08. The van der Waals surface area contributed by atoms with E-state index in [1.165, 1.54) is 23.9 Å². The quantitative estimate of drug-likeness (QED) is 0.380. The topological polar surface area (TPSA) is 34.0 Å². The molecule has 0 atom stereocenters. The van der Waals surface area contributed by atoms with Crippen molar-refractivity contribution in [1.29, 1.82) is 0 Å². The summed E-state index contributed by atoms with van der Waals surface area (Å²) in [5.74, 6) is 0.0732. The summed E-state index contributed by atoms with van der Waals surface area (Å²) in [5.41, 5.74) is 5.15. The standard InChI is InChI=1S/C25H23FN2OS/c1-17-7-8-18(2)22(13-17)27-25(29)16-30-24-15-28(23-6-4-3-5-21(23)24)14-19-9-11-20(26)12-10-19/h3-13,15H,14,16H2,1-2H3,(H,27,29). The number of halogens is 1. The van der Waals surface area contributed by atoms with Crippen LogP contribution in [0.4, 0.5) is 10.1 Å². The van der Waals surface area contributed by atoms with Gasteiger partial charge < -0.3 is 9.88 Å². The molecule has 0 unspecified atom stereocenters. The summed E-state index contributed by atoms with van der Waals surface area (Å²) in [4.78, 5) is 13.6. The fraction of sp³-hybridized carbons (Fsp3) is 0.160. The molecule has 0 spiro atoms. The van der Waals surface area contributed by atoms with Gasteiger partial charge in [0, 0.05) is 34.2 Å². The van der Waals surface area contributed by atoms with Crippen molar-refractivity contribution in [2.45, 2.75) is 25.3 Å². The molecule has 1 N–H and O–H groups in total. The van der Waals surface area contributed by atoms with Crippen LogP contribution in [0.1, 0.15) is 16.7 Å². The number of aryl methyl sites for hydroxylation is 2. The number of aromatic nitrogens is 1. The van der Waals surface area contributed by atoms with E-state index in [1.54, 1.807) is 12.1 Å². The Morgan fingerprint density at radius 3 is 2.60 bits per heavy atom. The molecule has 0 aliphatic rings. The Bertz CT molecular complexity index is 1200. The summed E-state index contributed by atoms with van der Waals surface area (Å²) >= 11 is 1.53. The van der Waals surface area contributed by atoms with Gasteiger partial charge in [-0.15, -0.1) is 11.8 Å². The number of rotatable bonds is 6. The van der Waals surface area contributed by atoms with Crippen molar-refractivity contribution in [2.75, 3.05) is 11.1 Å². The van der Waals surface area contributed by atoms with E-state index in [0.29, 0.717) is 12.3 Å².